The fourth-order valence-electron chi connectivity index (χ4n) is 3.35. The third-order valence-electron chi connectivity index (χ3n) is 5.30. The second-order valence-electron chi connectivity index (χ2n) is 9.11. The zero-order valence-corrected chi connectivity index (χ0v) is 20.1. The maximum absolute atomic E-state index is 12.4. The van der Waals surface area contributed by atoms with Gasteiger partial charge in [0.2, 0.25) is 5.88 Å². The van der Waals surface area contributed by atoms with E-state index in [1.54, 1.807) is 30.3 Å². The van der Waals surface area contributed by atoms with E-state index in [1.807, 2.05) is 54.6 Å². The molecule has 4 rings (SSSR count). The number of benzene rings is 3. The second kappa shape index (κ2) is 10.7. The van der Waals surface area contributed by atoms with Crippen LogP contribution in [0.1, 0.15) is 31.9 Å². The number of anilines is 3. The molecule has 3 aromatic carbocycles. The Morgan fingerprint density at radius 1 is 0.829 bits per heavy atom. The number of carbonyl (C=O) groups is 1. The van der Waals surface area contributed by atoms with Crippen LogP contribution in [0.15, 0.2) is 91.3 Å². The normalized spacial score (nSPS) is 10.9. The Balaban J connectivity index is 1.30. The minimum Gasteiger partial charge on any atom is -0.439 e. The van der Waals surface area contributed by atoms with Crippen molar-refractivity contribution in [3.05, 3.63) is 102 Å². The van der Waals surface area contributed by atoms with Gasteiger partial charge in [0.05, 0.1) is 0 Å². The minimum atomic E-state index is -0.313. The van der Waals surface area contributed by atoms with Crippen molar-refractivity contribution in [2.45, 2.75) is 32.7 Å². The van der Waals surface area contributed by atoms with Crippen molar-refractivity contribution < 1.29 is 9.53 Å². The molecule has 0 aliphatic carbocycles. The van der Waals surface area contributed by atoms with E-state index in [0.717, 1.165) is 11.3 Å². The van der Waals surface area contributed by atoms with Gasteiger partial charge in [-0.25, -0.2) is 14.8 Å². The summed E-state index contributed by atoms with van der Waals surface area (Å²) in [5, 5.41) is 8.94. The lowest BCUT2D eigenvalue weighted by Gasteiger charge is -2.19. The topological polar surface area (TPSA) is 88.2 Å². The first-order valence-electron chi connectivity index (χ1n) is 11.4. The Bertz CT molecular complexity index is 1250. The quantitative estimate of drug-likeness (QED) is 0.277. The molecular formula is C28H29N5O2. The van der Waals surface area contributed by atoms with Crippen LogP contribution in [0.2, 0.25) is 0 Å². The summed E-state index contributed by atoms with van der Waals surface area (Å²) in [6.45, 7) is 7.12. The van der Waals surface area contributed by atoms with Gasteiger partial charge >= 0.3 is 6.03 Å². The van der Waals surface area contributed by atoms with E-state index >= 15 is 0 Å². The zero-order chi connectivity index (χ0) is 24.7. The van der Waals surface area contributed by atoms with Gasteiger partial charge in [0.25, 0.3) is 0 Å². The molecule has 7 nitrogen and oxygen atoms in total. The SMILES string of the molecule is CC(C)(C)c1ccc(NC(=O)Nc2ccc(Oc3cc(NCc4ccccc4)ncn3)cc2)cc1. The summed E-state index contributed by atoms with van der Waals surface area (Å²) in [6.07, 6.45) is 1.46. The average molecular weight is 468 g/mol. The van der Waals surface area contributed by atoms with Gasteiger partial charge < -0.3 is 20.7 Å². The van der Waals surface area contributed by atoms with Gasteiger partial charge in [-0.1, -0.05) is 63.2 Å². The number of aromatic nitrogens is 2. The predicted octanol–water partition coefficient (Wildman–Crippen LogP) is 6.82. The highest BCUT2D eigenvalue weighted by Crippen LogP contribution is 2.25. The Kier molecular flexibility index (Phi) is 7.26. The molecule has 1 heterocycles. The maximum atomic E-state index is 12.4. The Morgan fingerprint density at radius 3 is 2.09 bits per heavy atom. The van der Waals surface area contributed by atoms with E-state index in [2.05, 4.69) is 46.7 Å². The van der Waals surface area contributed by atoms with Crippen LogP contribution in [0.3, 0.4) is 0 Å². The molecule has 0 atom stereocenters. The van der Waals surface area contributed by atoms with Gasteiger partial charge in [-0.15, -0.1) is 0 Å². The van der Waals surface area contributed by atoms with Gasteiger partial charge in [-0.05, 0) is 52.9 Å². The molecule has 4 aromatic rings. The molecule has 0 saturated carbocycles. The van der Waals surface area contributed by atoms with E-state index in [4.69, 9.17) is 4.74 Å². The minimum absolute atomic E-state index is 0.0661. The first-order valence-corrected chi connectivity index (χ1v) is 11.4. The standard InChI is InChI=1S/C28H29N5O2/c1-28(2,3)21-9-11-22(12-10-21)32-27(34)33-23-13-15-24(16-14-23)35-26-17-25(30-19-31-26)29-18-20-7-5-4-6-8-20/h4-17,19H,18H2,1-3H3,(H,29,30,31)(H2,32,33,34). The number of hydrogen-bond acceptors (Lipinski definition) is 5. The van der Waals surface area contributed by atoms with Crippen LogP contribution in [0.5, 0.6) is 11.6 Å². The molecule has 2 amide bonds. The molecule has 3 N–H and O–H groups in total. The molecule has 1 aromatic heterocycles. The van der Waals surface area contributed by atoms with Crippen LogP contribution in [0.25, 0.3) is 0 Å². The van der Waals surface area contributed by atoms with Gasteiger partial charge in [0, 0.05) is 24.0 Å². The van der Waals surface area contributed by atoms with Crippen molar-refractivity contribution in [2.75, 3.05) is 16.0 Å². The molecular weight excluding hydrogens is 438 g/mol. The number of urea groups is 1. The van der Waals surface area contributed by atoms with Crippen molar-refractivity contribution in [3.63, 3.8) is 0 Å². The number of ether oxygens (including phenoxy) is 1. The van der Waals surface area contributed by atoms with Crippen LogP contribution in [-0.2, 0) is 12.0 Å². The molecule has 0 spiro atoms. The predicted molar refractivity (Wildman–Crippen MR) is 140 cm³/mol. The summed E-state index contributed by atoms with van der Waals surface area (Å²) >= 11 is 0. The molecule has 35 heavy (non-hydrogen) atoms. The molecule has 0 unspecified atom stereocenters. The molecule has 7 heteroatoms. The van der Waals surface area contributed by atoms with Crippen molar-refractivity contribution in [3.8, 4) is 11.6 Å². The summed E-state index contributed by atoms with van der Waals surface area (Å²) in [5.74, 6) is 1.69. The van der Waals surface area contributed by atoms with Crippen molar-refractivity contribution in [2.24, 2.45) is 0 Å². The van der Waals surface area contributed by atoms with Crippen LogP contribution in [0.4, 0.5) is 22.0 Å². The number of nitrogens with one attached hydrogen (secondary N) is 3. The highest BCUT2D eigenvalue weighted by molar-refractivity contribution is 5.99. The third kappa shape index (κ3) is 7.04. The highest BCUT2D eigenvalue weighted by atomic mass is 16.5. The Morgan fingerprint density at radius 2 is 1.46 bits per heavy atom. The van der Waals surface area contributed by atoms with Crippen LogP contribution >= 0.6 is 0 Å². The molecule has 178 valence electrons. The van der Waals surface area contributed by atoms with E-state index in [9.17, 15) is 4.79 Å². The Labute approximate surface area is 205 Å². The fourth-order valence-corrected chi connectivity index (χ4v) is 3.35. The summed E-state index contributed by atoms with van der Waals surface area (Å²) in [7, 11) is 0. The lowest BCUT2D eigenvalue weighted by Crippen LogP contribution is -2.19. The maximum Gasteiger partial charge on any atom is 0.323 e. The lowest BCUT2D eigenvalue weighted by atomic mass is 9.87. The third-order valence-corrected chi connectivity index (χ3v) is 5.30. The van der Waals surface area contributed by atoms with Crippen LogP contribution < -0.4 is 20.7 Å². The smallest absolute Gasteiger partial charge is 0.323 e. The number of hydrogen-bond donors (Lipinski definition) is 3. The Hall–Kier alpha value is -4.39. The van der Waals surface area contributed by atoms with Gasteiger partial charge in [-0.3, -0.25) is 0 Å². The van der Waals surface area contributed by atoms with Crippen molar-refractivity contribution in [1.29, 1.82) is 0 Å². The van der Waals surface area contributed by atoms with E-state index in [0.29, 0.717) is 29.7 Å². The van der Waals surface area contributed by atoms with Crippen LogP contribution in [-0.4, -0.2) is 16.0 Å². The largest absolute Gasteiger partial charge is 0.439 e. The summed E-state index contributed by atoms with van der Waals surface area (Å²) in [4.78, 5) is 20.8. The number of nitrogens with zero attached hydrogens (tertiary/aromatic N) is 2. The van der Waals surface area contributed by atoms with Gasteiger partial charge in [0.15, 0.2) is 0 Å². The first kappa shape index (κ1) is 23.8. The monoisotopic (exact) mass is 467 g/mol. The van der Waals surface area contributed by atoms with Gasteiger partial charge in [-0.2, -0.15) is 0 Å². The molecule has 0 aliphatic heterocycles. The fraction of sp³-hybridized carbons (Fsp3) is 0.179. The first-order chi connectivity index (χ1) is 16.8. The zero-order valence-electron chi connectivity index (χ0n) is 20.1. The molecule has 0 fully saturated rings. The number of carbonyl (C=O) groups excluding carboxylic acids is 1. The van der Waals surface area contributed by atoms with Gasteiger partial charge in [0.1, 0.15) is 17.9 Å². The molecule has 0 radical (unpaired) electrons. The van der Waals surface area contributed by atoms with Crippen molar-refractivity contribution in [1.82, 2.24) is 9.97 Å². The lowest BCUT2D eigenvalue weighted by molar-refractivity contribution is 0.262. The second-order valence-corrected chi connectivity index (χ2v) is 9.11. The van der Waals surface area contributed by atoms with E-state index in [1.165, 1.54) is 11.9 Å². The number of rotatable bonds is 7. The highest BCUT2D eigenvalue weighted by Gasteiger charge is 2.13. The summed E-state index contributed by atoms with van der Waals surface area (Å²) in [6, 6.07) is 26.4. The van der Waals surface area contributed by atoms with E-state index in [-0.39, 0.29) is 11.4 Å². The average Bonchev–Trinajstić information content (AvgIpc) is 2.85. The summed E-state index contributed by atoms with van der Waals surface area (Å²) in [5.41, 5.74) is 3.81. The van der Waals surface area contributed by atoms with Crippen molar-refractivity contribution >= 4 is 23.2 Å². The molecule has 0 bridgehead atoms. The number of amides is 2. The molecule has 0 saturated heterocycles. The van der Waals surface area contributed by atoms with E-state index < -0.39 is 0 Å². The molecule has 0 aliphatic rings. The van der Waals surface area contributed by atoms with Crippen LogP contribution in [0, 0.1) is 0 Å². The summed E-state index contributed by atoms with van der Waals surface area (Å²) < 4.78 is 5.85.